The van der Waals surface area contributed by atoms with Gasteiger partial charge in [0, 0.05) is 0 Å². The first-order valence-electron chi connectivity index (χ1n) is 0.285. The molecule has 0 heterocycles. The van der Waals surface area contributed by atoms with Crippen molar-refractivity contribution in [3.8, 4) is 0 Å². The van der Waals surface area contributed by atoms with E-state index in [1.165, 1.54) is 0 Å². The van der Waals surface area contributed by atoms with Crippen molar-refractivity contribution in [1.29, 1.82) is 0 Å². The second kappa shape index (κ2) is 10.5. The molecule has 0 bridgehead atoms. The van der Waals surface area contributed by atoms with Crippen molar-refractivity contribution in [3.05, 3.63) is 7.43 Å². The van der Waals surface area contributed by atoms with Crippen LogP contribution >= 0.6 is 0 Å². The number of hydrogen-bond acceptors (Lipinski definition) is 1. The third-order valence-electron chi connectivity index (χ3n) is 0. The Balaban J connectivity index is 0. The van der Waals surface area contributed by atoms with Crippen molar-refractivity contribution in [2.24, 2.45) is 0 Å². The summed E-state index contributed by atoms with van der Waals surface area (Å²) < 4.78 is 15.4. The molecule has 0 saturated heterocycles. The van der Waals surface area contributed by atoms with E-state index >= 15 is 0 Å². The molecule has 2 nitrogen and oxygen atoms in total. The summed E-state index contributed by atoms with van der Waals surface area (Å²) in [5.41, 5.74) is 0. The molecule has 3 heteroatoms. The monoisotopic (exact) mass is 107 g/mol. The van der Waals surface area contributed by atoms with Gasteiger partial charge in [0.25, 0.3) is 0 Å². The van der Waals surface area contributed by atoms with E-state index in [4.69, 9.17) is 8.08 Å². The zero-order valence-electron chi connectivity index (χ0n) is 2.19. The normalized spacial score (nSPS) is 5.25. The van der Waals surface area contributed by atoms with Gasteiger partial charge in [-0.1, -0.05) is 0 Å². The SMILES string of the molecule is [CH3-].[O]=[Co][OH]. The van der Waals surface area contributed by atoms with Crippen LogP contribution in [0.1, 0.15) is 0 Å². The zero-order valence-corrected chi connectivity index (χ0v) is 3.23. The Bertz CT molecular complexity index is 13.5. The molecule has 0 spiro atoms. The maximum absolute atomic E-state index is 8.45. The Morgan fingerprint density at radius 2 is 1.75 bits per heavy atom. The minimum absolute atomic E-state index is 0. The van der Waals surface area contributed by atoms with Gasteiger partial charge < -0.3 is 7.43 Å². The molecule has 0 aromatic rings. The average Bonchev–Trinajstić information content (AvgIpc) is 0.918. The van der Waals surface area contributed by atoms with E-state index < -0.39 is 15.0 Å². The van der Waals surface area contributed by atoms with E-state index in [0.717, 1.165) is 0 Å². The Kier molecular flexibility index (Phi) is 23.2. The topological polar surface area (TPSA) is 37.3 Å². The molecule has 0 amide bonds. The van der Waals surface area contributed by atoms with Gasteiger partial charge in [0.1, 0.15) is 0 Å². The minimum atomic E-state index is -0.812. The van der Waals surface area contributed by atoms with Gasteiger partial charge in [0.2, 0.25) is 0 Å². The summed E-state index contributed by atoms with van der Waals surface area (Å²) >= 11 is -0.812. The summed E-state index contributed by atoms with van der Waals surface area (Å²) in [4.78, 5) is 0. The maximum atomic E-state index is 8.45. The molecule has 0 aliphatic carbocycles. The standard InChI is InChI=1S/CH3.Co.H2O.O/h1H3;;1H2;/q-1;+1;;/p-1. The molecule has 0 rings (SSSR count). The first-order valence-corrected chi connectivity index (χ1v) is 1.18. The van der Waals surface area contributed by atoms with Gasteiger partial charge >= 0.3 is 23.0 Å². The molecule has 0 aliphatic rings. The van der Waals surface area contributed by atoms with Crippen molar-refractivity contribution >= 4 is 0 Å². The number of hydrogen-bond donors (Lipinski definition) is 1. The van der Waals surface area contributed by atoms with Gasteiger partial charge in [-0.25, -0.2) is 0 Å². The molecular weight excluding hydrogens is 103 g/mol. The molecular formula is CH4CoO2-. The first kappa shape index (κ1) is 8.86. The molecule has 0 fully saturated rings. The molecule has 0 aromatic carbocycles. The summed E-state index contributed by atoms with van der Waals surface area (Å²) in [6.45, 7) is 0. The quantitative estimate of drug-likeness (QED) is 0.434. The molecule has 30 valence electrons. The van der Waals surface area contributed by atoms with Crippen LogP contribution in [0, 0.1) is 7.43 Å². The van der Waals surface area contributed by atoms with Crippen molar-refractivity contribution in [2.75, 3.05) is 0 Å². The summed E-state index contributed by atoms with van der Waals surface area (Å²) in [6, 6.07) is 0. The van der Waals surface area contributed by atoms with Gasteiger partial charge in [-0.3, -0.25) is 0 Å². The second-order valence-corrected chi connectivity index (χ2v) is 0.251. The molecule has 0 unspecified atom stereocenters. The Hall–Kier alpha value is 0.266. The predicted octanol–water partition coefficient (Wildman–Crippen LogP) is -0.228. The average molecular weight is 107 g/mol. The molecule has 4 heavy (non-hydrogen) atoms. The van der Waals surface area contributed by atoms with Gasteiger partial charge in [-0.2, -0.15) is 0 Å². The molecule has 0 saturated carbocycles. The molecule has 0 radical (unpaired) electrons. The van der Waals surface area contributed by atoms with Crippen LogP contribution in [-0.2, 0) is 18.8 Å². The van der Waals surface area contributed by atoms with Crippen molar-refractivity contribution < 1.29 is 23.0 Å². The summed E-state index contributed by atoms with van der Waals surface area (Å²) in [6.07, 6.45) is 0. The summed E-state index contributed by atoms with van der Waals surface area (Å²) in [5, 5.41) is 0. The molecule has 1 N–H and O–H groups in total. The van der Waals surface area contributed by atoms with Crippen LogP contribution in [0.3, 0.4) is 0 Å². The van der Waals surface area contributed by atoms with E-state index in [1.807, 2.05) is 0 Å². The van der Waals surface area contributed by atoms with Crippen LogP contribution in [-0.4, -0.2) is 4.22 Å². The van der Waals surface area contributed by atoms with Gasteiger partial charge in [-0.05, 0) is 0 Å². The van der Waals surface area contributed by atoms with Crippen LogP contribution in [0.2, 0.25) is 0 Å². The van der Waals surface area contributed by atoms with Crippen LogP contribution in [0.5, 0.6) is 0 Å². The number of rotatable bonds is 0. The van der Waals surface area contributed by atoms with Crippen LogP contribution < -0.4 is 0 Å². The zero-order chi connectivity index (χ0) is 2.71. The van der Waals surface area contributed by atoms with Crippen molar-refractivity contribution in [1.82, 2.24) is 0 Å². The van der Waals surface area contributed by atoms with Crippen LogP contribution in [0.15, 0.2) is 0 Å². The van der Waals surface area contributed by atoms with E-state index in [9.17, 15) is 0 Å². The van der Waals surface area contributed by atoms with Crippen molar-refractivity contribution in [2.45, 2.75) is 0 Å². The van der Waals surface area contributed by atoms with E-state index in [1.54, 1.807) is 0 Å². The van der Waals surface area contributed by atoms with E-state index in [0.29, 0.717) is 0 Å². The fraction of sp³-hybridized carbons (Fsp3) is 0. The van der Waals surface area contributed by atoms with E-state index in [2.05, 4.69) is 0 Å². The predicted molar refractivity (Wildman–Crippen MR) is 9.32 cm³/mol. The Morgan fingerprint density at radius 3 is 1.75 bits per heavy atom. The van der Waals surface area contributed by atoms with Crippen molar-refractivity contribution in [3.63, 3.8) is 0 Å². The van der Waals surface area contributed by atoms with Gasteiger partial charge in [0.15, 0.2) is 0 Å². The van der Waals surface area contributed by atoms with Crippen LogP contribution in [0.4, 0.5) is 0 Å². The summed E-state index contributed by atoms with van der Waals surface area (Å²) in [5.74, 6) is 0. The van der Waals surface area contributed by atoms with E-state index in [-0.39, 0.29) is 7.43 Å². The molecule has 0 atom stereocenters. The second-order valence-electron chi connectivity index (χ2n) is 0.0609. The molecule has 0 aromatic heterocycles. The molecule has 0 aliphatic heterocycles. The van der Waals surface area contributed by atoms with Crippen LogP contribution in [0.25, 0.3) is 0 Å². The third kappa shape index (κ3) is 51.2. The fourth-order valence-electron chi connectivity index (χ4n) is 0. The van der Waals surface area contributed by atoms with Gasteiger partial charge in [-0.15, -0.1) is 0 Å². The summed E-state index contributed by atoms with van der Waals surface area (Å²) in [7, 11) is 0. The van der Waals surface area contributed by atoms with Gasteiger partial charge in [0.05, 0.1) is 0 Å². The Morgan fingerprint density at radius 1 is 1.75 bits per heavy atom. The first-order chi connectivity index (χ1) is 1.41. The Labute approximate surface area is 31.3 Å². The third-order valence-corrected chi connectivity index (χ3v) is 0. The fourth-order valence-corrected chi connectivity index (χ4v) is 0.